The Hall–Kier alpha value is -1.83. The van der Waals surface area contributed by atoms with Crippen LogP contribution in [0, 0.1) is 17.8 Å². The molecule has 2 aromatic carbocycles. The second-order valence-electron chi connectivity index (χ2n) is 6.07. The molecule has 2 fully saturated rings. The lowest BCUT2D eigenvalue weighted by molar-refractivity contribution is -0.136. The first-order valence-electron chi connectivity index (χ1n) is 7.53. The maximum atomic E-state index is 12.3. The average Bonchev–Trinajstić information content (AvgIpc) is 3.21. The molecule has 2 aromatic rings. The third-order valence-corrected chi connectivity index (χ3v) is 4.87. The van der Waals surface area contributed by atoms with E-state index in [1.54, 1.807) is 0 Å². The molecule has 0 amide bonds. The minimum absolute atomic E-state index is 0.0165. The van der Waals surface area contributed by atoms with E-state index in [0.717, 1.165) is 5.39 Å². The van der Waals surface area contributed by atoms with Crippen molar-refractivity contribution in [1.29, 1.82) is 0 Å². The van der Waals surface area contributed by atoms with Crippen LogP contribution in [0.25, 0.3) is 10.8 Å². The monoisotopic (exact) mass is 266 g/mol. The van der Waals surface area contributed by atoms with Crippen LogP contribution in [0.1, 0.15) is 25.7 Å². The van der Waals surface area contributed by atoms with Crippen LogP contribution in [0.4, 0.5) is 0 Å². The molecule has 0 N–H and O–H groups in total. The molecule has 0 aromatic heterocycles. The van der Waals surface area contributed by atoms with Gasteiger partial charge in [0, 0.05) is 0 Å². The van der Waals surface area contributed by atoms with Gasteiger partial charge in [-0.05, 0) is 47.6 Å². The summed E-state index contributed by atoms with van der Waals surface area (Å²) in [5.74, 6) is 2.05. The third-order valence-electron chi connectivity index (χ3n) is 4.87. The van der Waals surface area contributed by atoms with Crippen LogP contribution >= 0.6 is 0 Å². The molecule has 0 heterocycles. The van der Waals surface area contributed by atoms with Crippen molar-refractivity contribution in [3.05, 3.63) is 42.5 Å². The fourth-order valence-electron chi connectivity index (χ4n) is 3.76. The van der Waals surface area contributed by atoms with Gasteiger partial charge in [0.2, 0.25) is 0 Å². The molecule has 2 saturated carbocycles. The molecule has 0 bridgehead atoms. The zero-order chi connectivity index (χ0) is 13.5. The summed E-state index contributed by atoms with van der Waals surface area (Å²) in [6.45, 7) is 0. The Bertz CT molecular complexity index is 649. The molecular formula is C18H18O2. The normalized spacial score (nSPS) is 27.9. The fraction of sp³-hybridized carbons (Fsp3) is 0.389. The number of ether oxygens (including phenoxy) is 1. The van der Waals surface area contributed by atoms with Crippen LogP contribution in [0.15, 0.2) is 42.5 Å². The minimum Gasteiger partial charge on any atom is -0.426 e. The van der Waals surface area contributed by atoms with Crippen LogP contribution in [-0.2, 0) is 4.79 Å². The number of carbonyl (C=O) groups excluding carboxylic acids is 1. The second kappa shape index (κ2) is 4.62. The molecule has 0 unspecified atom stereocenters. The Morgan fingerprint density at radius 3 is 2.40 bits per heavy atom. The van der Waals surface area contributed by atoms with Gasteiger partial charge < -0.3 is 4.74 Å². The van der Waals surface area contributed by atoms with E-state index in [0.29, 0.717) is 17.6 Å². The molecular weight excluding hydrogens is 248 g/mol. The van der Waals surface area contributed by atoms with Crippen molar-refractivity contribution >= 4 is 16.7 Å². The van der Waals surface area contributed by atoms with Crippen LogP contribution in [-0.4, -0.2) is 5.97 Å². The highest BCUT2D eigenvalue weighted by atomic mass is 16.5. The Kier molecular flexibility index (Phi) is 2.76. The van der Waals surface area contributed by atoms with E-state index in [9.17, 15) is 4.79 Å². The molecule has 20 heavy (non-hydrogen) atoms. The summed E-state index contributed by atoms with van der Waals surface area (Å²) in [5.41, 5.74) is 0. The van der Waals surface area contributed by atoms with Gasteiger partial charge in [0.25, 0.3) is 0 Å². The molecule has 0 saturated heterocycles. The molecule has 0 radical (unpaired) electrons. The van der Waals surface area contributed by atoms with Gasteiger partial charge >= 0.3 is 5.97 Å². The molecule has 0 spiro atoms. The molecule has 2 aliphatic rings. The predicted molar refractivity (Wildman–Crippen MR) is 78.5 cm³/mol. The van der Waals surface area contributed by atoms with Gasteiger partial charge in [-0.3, -0.25) is 4.79 Å². The van der Waals surface area contributed by atoms with Crippen molar-refractivity contribution in [2.24, 2.45) is 17.8 Å². The summed E-state index contributed by atoms with van der Waals surface area (Å²) in [4.78, 5) is 12.3. The van der Waals surface area contributed by atoms with E-state index in [-0.39, 0.29) is 11.9 Å². The van der Waals surface area contributed by atoms with Gasteiger partial charge in [-0.25, -0.2) is 0 Å². The number of benzene rings is 2. The van der Waals surface area contributed by atoms with Gasteiger partial charge in [0.1, 0.15) is 5.75 Å². The summed E-state index contributed by atoms with van der Waals surface area (Å²) >= 11 is 0. The first kappa shape index (κ1) is 12.0. The van der Waals surface area contributed by atoms with E-state index in [1.165, 1.54) is 31.1 Å². The number of carbonyl (C=O) groups is 1. The van der Waals surface area contributed by atoms with Crippen LogP contribution in [0.3, 0.4) is 0 Å². The average molecular weight is 266 g/mol. The quantitative estimate of drug-likeness (QED) is 0.602. The van der Waals surface area contributed by atoms with Crippen molar-refractivity contribution in [3.63, 3.8) is 0 Å². The van der Waals surface area contributed by atoms with Gasteiger partial charge in [0.05, 0.1) is 5.92 Å². The Labute approximate surface area is 118 Å². The van der Waals surface area contributed by atoms with Gasteiger partial charge in [-0.2, -0.15) is 0 Å². The Balaban J connectivity index is 1.51. The van der Waals surface area contributed by atoms with Crippen molar-refractivity contribution < 1.29 is 9.53 Å². The maximum absolute atomic E-state index is 12.3. The van der Waals surface area contributed by atoms with E-state index in [1.807, 2.05) is 36.4 Å². The maximum Gasteiger partial charge on any atom is 0.314 e. The van der Waals surface area contributed by atoms with E-state index in [4.69, 9.17) is 4.74 Å². The molecule has 4 rings (SSSR count). The molecule has 2 heteroatoms. The lowest BCUT2D eigenvalue weighted by atomic mass is 10.0. The topological polar surface area (TPSA) is 26.3 Å². The molecule has 2 atom stereocenters. The highest BCUT2D eigenvalue weighted by Crippen LogP contribution is 2.55. The number of hydrogen-bond acceptors (Lipinski definition) is 2. The van der Waals surface area contributed by atoms with Crippen LogP contribution < -0.4 is 4.74 Å². The molecule has 102 valence electrons. The van der Waals surface area contributed by atoms with Crippen LogP contribution in [0.5, 0.6) is 5.75 Å². The zero-order valence-electron chi connectivity index (χ0n) is 11.4. The number of esters is 1. The third kappa shape index (κ3) is 2.00. The molecule has 0 aliphatic heterocycles. The van der Waals surface area contributed by atoms with E-state index < -0.39 is 0 Å². The summed E-state index contributed by atoms with van der Waals surface area (Å²) in [6, 6.07) is 14.0. The smallest absolute Gasteiger partial charge is 0.314 e. The Morgan fingerprint density at radius 2 is 1.65 bits per heavy atom. The highest BCUT2D eigenvalue weighted by molar-refractivity contribution is 5.85. The summed E-state index contributed by atoms with van der Waals surface area (Å²) < 4.78 is 5.60. The minimum atomic E-state index is -0.0165. The van der Waals surface area contributed by atoms with Crippen molar-refractivity contribution in [2.45, 2.75) is 25.7 Å². The van der Waals surface area contributed by atoms with Crippen LogP contribution in [0.2, 0.25) is 0 Å². The number of fused-ring (bicyclic) bond motifs is 2. The first-order valence-corrected chi connectivity index (χ1v) is 7.53. The summed E-state index contributed by atoms with van der Waals surface area (Å²) in [6.07, 6.45) is 4.98. The lowest BCUT2D eigenvalue weighted by Crippen LogP contribution is -2.12. The standard InChI is InChI=1S/C18H18O2/c19-18(17-15-7-3-4-8-16(15)17)20-14-10-9-12-5-1-2-6-13(12)11-14/h1-2,5-6,9-11,15-17H,3-4,7-8H2/t15-,16-/m0/s1. The van der Waals surface area contributed by atoms with Gasteiger partial charge in [-0.15, -0.1) is 0 Å². The fourth-order valence-corrected chi connectivity index (χ4v) is 3.76. The van der Waals surface area contributed by atoms with E-state index in [2.05, 4.69) is 6.07 Å². The number of rotatable bonds is 2. The van der Waals surface area contributed by atoms with E-state index >= 15 is 0 Å². The molecule has 2 nitrogen and oxygen atoms in total. The van der Waals surface area contributed by atoms with Crippen molar-refractivity contribution in [2.75, 3.05) is 0 Å². The van der Waals surface area contributed by atoms with Crippen molar-refractivity contribution in [3.8, 4) is 5.75 Å². The first-order chi connectivity index (χ1) is 9.83. The lowest BCUT2D eigenvalue weighted by Gasteiger charge is -2.05. The summed E-state index contributed by atoms with van der Waals surface area (Å²) in [5, 5.41) is 2.29. The second-order valence-corrected chi connectivity index (χ2v) is 6.07. The SMILES string of the molecule is O=C(Oc1ccc2ccccc2c1)C1[C@H]2CCCC[C@H]12. The number of hydrogen-bond donors (Lipinski definition) is 0. The largest absolute Gasteiger partial charge is 0.426 e. The predicted octanol–water partition coefficient (Wildman–Crippen LogP) is 4.18. The van der Waals surface area contributed by atoms with Gasteiger partial charge in [0.15, 0.2) is 0 Å². The van der Waals surface area contributed by atoms with Gasteiger partial charge in [-0.1, -0.05) is 43.2 Å². The van der Waals surface area contributed by atoms with Crippen molar-refractivity contribution in [1.82, 2.24) is 0 Å². The zero-order valence-corrected chi connectivity index (χ0v) is 11.4. The highest BCUT2D eigenvalue weighted by Gasteiger charge is 2.55. The molecule has 2 aliphatic carbocycles. The Morgan fingerprint density at radius 1 is 0.950 bits per heavy atom. The summed E-state index contributed by atoms with van der Waals surface area (Å²) in [7, 11) is 0.